The van der Waals surface area contributed by atoms with E-state index in [1.165, 1.54) is 5.56 Å². The van der Waals surface area contributed by atoms with E-state index in [4.69, 9.17) is 0 Å². The van der Waals surface area contributed by atoms with Crippen LogP contribution in [0.15, 0.2) is 36.5 Å². The lowest BCUT2D eigenvalue weighted by atomic mass is 10.1. The summed E-state index contributed by atoms with van der Waals surface area (Å²) in [5, 5.41) is 7.30. The van der Waals surface area contributed by atoms with E-state index >= 15 is 0 Å². The molecule has 6 nitrogen and oxygen atoms in total. The topological polar surface area (TPSA) is 67.2 Å². The Kier molecular flexibility index (Phi) is 4.26. The fourth-order valence-electron chi connectivity index (χ4n) is 3.77. The fourth-order valence-corrected chi connectivity index (χ4v) is 5.20. The second kappa shape index (κ2) is 6.46. The van der Waals surface area contributed by atoms with Gasteiger partial charge in [-0.1, -0.05) is 29.8 Å². The van der Waals surface area contributed by atoms with E-state index in [-0.39, 0.29) is 16.7 Å². The number of rotatable bonds is 4. The highest BCUT2D eigenvalue weighted by atomic mass is 32.2. The first-order chi connectivity index (χ1) is 12.5. The predicted octanol–water partition coefficient (Wildman–Crippen LogP) is 2.63. The summed E-state index contributed by atoms with van der Waals surface area (Å²) >= 11 is 1.70. The molecule has 2 fully saturated rings. The van der Waals surface area contributed by atoms with Crippen LogP contribution in [-0.2, 0) is 16.1 Å². The molecule has 2 amide bonds. The standard InChI is InChI=1S/C19H22N4O2S/c1-13-4-3-5-14(10-13)11-22-16(7-9-20-22)21-18(25)15-12-26-19(2)8-6-17(24)23(15)19/h3-5,7,9-10,15H,6,8,11-12H2,1-2H3,(H,21,25)/t15-,19+/m0/s1. The summed E-state index contributed by atoms with van der Waals surface area (Å²) in [4.78, 5) is 26.6. The maximum atomic E-state index is 12.8. The van der Waals surface area contributed by atoms with Gasteiger partial charge in [-0.15, -0.1) is 11.8 Å². The third kappa shape index (κ3) is 3.00. The van der Waals surface area contributed by atoms with Gasteiger partial charge >= 0.3 is 0 Å². The molecule has 0 spiro atoms. The van der Waals surface area contributed by atoms with E-state index in [0.717, 1.165) is 12.0 Å². The van der Waals surface area contributed by atoms with Gasteiger partial charge < -0.3 is 10.2 Å². The number of hydrogen-bond acceptors (Lipinski definition) is 4. The molecule has 2 aliphatic rings. The second-order valence-corrected chi connectivity index (χ2v) is 8.62. The van der Waals surface area contributed by atoms with Gasteiger partial charge in [0.1, 0.15) is 11.9 Å². The number of nitrogens with one attached hydrogen (secondary N) is 1. The molecule has 0 aliphatic carbocycles. The van der Waals surface area contributed by atoms with Crippen LogP contribution in [0.25, 0.3) is 0 Å². The molecule has 7 heteroatoms. The predicted molar refractivity (Wildman–Crippen MR) is 102 cm³/mol. The Morgan fingerprint density at radius 3 is 3.08 bits per heavy atom. The number of fused-ring (bicyclic) bond motifs is 1. The highest BCUT2D eigenvalue weighted by Gasteiger charge is 2.52. The van der Waals surface area contributed by atoms with Gasteiger partial charge in [-0.3, -0.25) is 9.59 Å². The molecule has 3 heterocycles. The van der Waals surface area contributed by atoms with Gasteiger partial charge in [-0.2, -0.15) is 5.10 Å². The van der Waals surface area contributed by atoms with Crippen LogP contribution in [0.2, 0.25) is 0 Å². The minimum atomic E-state index is -0.415. The first-order valence-electron chi connectivity index (χ1n) is 8.81. The number of nitrogens with zero attached hydrogens (tertiary/aromatic N) is 3. The minimum Gasteiger partial charge on any atom is -0.315 e. The zero-order valence-electron chi connectivity index (χ0n) is 14.9. The molecule has 2 atom stereocenters. The maximum absolute atomic E-state index is 12.8. The van der Waals surface area contributed by atoms with Crippen molar-refractivity contribution < 1.29 is 9.59 Å². The number of hydrogen-bond donors (Lipinski definition) is 1. The molecule has 0 bridgehead atoms. The van der Waals surface area contributed by atoms with E-state index in [9.17, 15) is 9.59 Å². The second-order valence-electron chi connectivity index (χ2n) is 7.12. The van der Waals surface area contributed by atoms with Crippen LogP contribution in [0.4, 0.5) is 5.82 Å². The monoisotopic (exact) mass is 370 g/mol. The third-order valence-electron chi connectivity index (χ3n) is 5.13. The average Bonchev–Trinajstić information content (AvgIpc) is 3.25. The van der Waals surface area contributed by atoms with Crippen molar-refractivity contribution in [3.63, 3.8) is 0 Å². The van der Waals surface area contributed by atoms with Crippen LogP contribution >= 0.6 is 11.8 Å². The summed E-state index contributed by atoms with van der Waals surface area (Å²) in [6, 6.07) is 9.60. The largest absolute Gasteiger partial charge is 0.315 e. The zero-order valence-corrected chi connectivity index (χ0v) is 15.8. The van der Waals surface area contributed by atoms with Crippen molar-refractivity contribution in [2.45, 2.75) is 44.1 Å². The number of carbonyl (C=O) groups excluding carboxylic acids is 2. The van der Waals surface area contributed by atoms with Crippen LogP contribution < -0.4 is 5.32 Å². The van der Waals surface area contributed by atoms with Crippen molar-refractivity contribution in [3.8, 4) is 0 Å². The van der Waals surface area contributed by atoms with Crippen LogP contribution in [0.1, 0.15) is 30.9 Å². The van der Waals surface area contributed by atoms with Crippen LogP contribution in [0.3, 0.4) is 0 Å². The van der Waals surface area contributed by atoms with E-state index < -0.39 is 6.04 Å². The van der Waals surface area contributed by atoms with Gasteiger partial charge in [0.2, 0.25) is 11.8 Å². The molecule has 0 saturated carbocycles. The van der Waals surface area contributed by atoms with Gasteiger partial charge in [0.15, 0.2) is 0 Å². The Morgan fingerprint density at radius 2 is 2.27 bits per heavy atom. The van der Waals surface area contributed by atoms with Gasteiger partial charge in [0.25, 0.3) is 0 Å². The molecule has 136 valence electrons. The third-order valence-corrected chi connectivity index (χ3v) is 6.64. The van der Waals surface area contributed by atoms with Crippen molar-refractivity contribution in [1.29, 1.82) is 0 Å². The van der Waals surface area contributed by atoms with E-state index in [0.29, 0.717) is 24.5 Å². The number of thioether (sulfide) groups is 1. The van der Waals surface area contributed by atoms with Crippen molar-refractivity contribution >= 4 is 29.4 Å². The van der Waals surface area contributed by atoms with Crippen molar-refractivity contribution in [1.82, 2.24) is 14.7 Å². The lowest BCUT2D eigenvalue weighted by molar-refractivity contribution is -0.135. The Labute approximate surface area is 156 Å². The summed E-state index contributed by atoms with van der Waals surface area (Å²) in [5.41, 5.74) is 2.32. The molecule has 1 aromatic heterocycles. The van der Waals surface area contributed by atoms with Gasteiger partial charge in [-0.05, 0) is 25.8 Å². The molecule has 0 unspecified atom stereocenters. The summed E-state index contributed by atoms with van der Waals surface area (Å²) in [6.07, 6.45) is 3.02. The molecule has 2 aromatic rings. The van der Waals surface area contributed by atoms with E-state index in [2.05, 4.69) is 36.4 Å². The van der Waals surface area contributed by atoms with Gasteiger partial charge in [0, 0.05) is 18.2 Å². The first-order valence-corrected chi connectivity index (χ1v) is 9.79. The SMILES string of the molecule is Cc1cccc(Cn2nccc2NC(=O)[C@@H]2CS[C@]3(C)CCC(=O)N23)c1. The van der Waals surface area contributed by atoms with Crippen molar-refractivity contribution in [2.24, 2.45) is 0 Å². The summed E-state index contributed by atoms with van der Waals surface area (Å²) in [7, 11) is 0. The highest BCUT2D eigenvalue weighted by molar-refractivity contribution is 8.01. The number of aromatic nitrogens is 2. The average molecular weight is 370 g/mol. The molecule has 1 aromatic carbocycles. The minimum absolute atomic E-state index is 0.0749. The summed E-state index contributed by atoms with van der Waals surface area (Å²) < 4.78 is 1.78. The van der Waals surface area contributed by atoms with Crippen LogP contribution in [-0.4, -0.2) is 43.2 Å². The highest BCUT2D eigenvalue weighted by Crippen LogP contribution is 2.47. The lowest BCUT2D eigenvalue weighted by Crippen LogP contribution is -2.48. The van der Waals surface area contributed by atoms with Crippen LogP contribution in [0, 0.1) is 6.92 Å². The fraction of sp³-hybridized carbons (Fsp3) is 0.421. The van der Waals surface area contributed by atoms with E-state index in [1.807, 2.05) is 12.1 Å². The smallest absolute Gasteiger partial charge is 0.249 e. The van der Waals surface area contributed by atoms with E-state index in [1.54, 1.807) is 33.6 Å². The quantitative estimate of drug-likeness (QED) is 0.898. The summed E-state index contributed by atoms with van der Waals surface area (Å²) in [6.45, 7) is 4.69. The Balaban J connectivity index is 1.49. The van der Waals surface area contributed by atoms with Crippen molar-refractivity contribution in [3.05, 3.63) is 47.7 Å². The number of benzene rings is 1. The van der Waals surface area contributed by atoms with Crippen LogP contribution in [0.5, 0.6) is 0 Å². The van der Waals surface area contributed by atoms with Gasteiger partial charge in [0.05, 0.1) is 17.6 Å². The molecule has 0 radical (unpaired) electrons. The molecule has 2 aliphatic heterocycles. The lowest BCUT2D eigenvalue weighted by Gasteiger charge is -2.29. The molecule has 2 saturated heterocycles. The Bertz CT molecular complexity index is 865. The first kappa shape index (κ1) is 17.1. The summed E-state index contributed by atoms with van der Waals surface area (Å²) in [5.74, 6) is 1.23. The molecule has 26 heavy (non-hydrogen) atoms. The number of aryl methyl sites for hydroxylation is 1. The number of carbonyl (C=O) groups is 2. The molecular weight excluding hydrogens is 348 g/mol. The maximum Gasteiger partial charge on any atom is 0.249 e. The zero-order chi connectivity index (χ0) is 18.3. The Hall–Kier alpha value is -2.28. The van der Waals surface area contributed by atoms with Gasteiger partial charge in [-0.25, -0.2) is 4.68 Å². The number of amides is 2. The molecule has 4 rings (SSSR count). The molecular formula is C19H22N4O2S. The number of anilines is 1. The normalized spacial score (nSPS) is 24.8. The molecule has 1 N–H and O–H groups in total. The van der Waals surface area contributed by atoms with Crippen molar-refractivity contribution in [2.75, 3.05) is 11.1 Å². The Morgan fingerprint density at radius 1 is 1.42 bits per heavy atom.